The number of methoxy groups -OCH3 is 6. The molecule has 0 heterocycles. The highest BCUT2D eigenvalue weighted by Crippen LogP contribution is 2.37. The molecule has 2 N–H and O–H groups in total. The Balaban J connectivity index is 3.04. The first-order valence-corrected chi connectivity index (χ1v) is 12.2. The minimum Gasteiger partial charge on any atom is -0.497 e. The van der Waals surface area contributed by atoms with Crippen molar-refractivity contribution in [1.82, 2.24) is 0 Å². The van der Waals surface area contributed by atoms with E-state index in [0.717, 1.165) is 10.4 Å². The standard InChI is InChI=1S/C22H32O8Si/c1-25-15-11-17(27-3)21(18(12-15)28-4)31(9-7-23,10-8-24)22-19(29-5)13-16(26-2)14-20(22)30-6/h11-14,23-24H,7-10H2,1-6H3. The first-order chi connectivity index (χ1) is 15.0. The molecule has 2 rings (SSSR count). The highest BCUT2D eigenvalue weighted by Gasteiger charge is 2.46. The Morgan fingerprint density at radius 3 is 1.03 bits per heavy atom. The van der Waals surface area contributed by atoms with E-state index < -0.39 is 8.07 Å². The molecule has 0 saturated heterocycles. The van der Waals surface area contributed by atoms with E-state index in [1.54, 1.807) is 66.9 Å². The fraction of sp³-hybridized carbons (Fsp3) is 0.455. The van der Waals surface area contributed by atoms with E-state index in [2.05, 4.69) is 0 Å². The lowest BCUT2D eigenvalue weighted by Gasteiger charge is -2.36. The van der Waals surface area contributed by atoms with E-state index in [-0.39, 0.29) is 13.2 Å². The van der Waals surface area contributed by atoms with Gasteiger partial charge in [-0.05, 0) is 12.1 Å². The summed E-state index contributed by atoms with van der Waals surface area (Å²) in [6, 6.07) is 7.86. The van der Waals surface area contributed by atoms with Crippen LogP contribution >= 0.6 is 0 Å². The maximum absolute atomic E-state index is 10.1. The molecule has 0 saturated carbocycles. The molecule has 0 aromatic heterocycles. The number of aliphatic hydroxyl groups is 2. The minimum atomic E-state index is -2.99. The lowest BCUT2D eigenvalue weighted by Crippen LogP contribution is -2.60. The number of hydrogen-bond donors (Lipinski definition) is 2. The fourth-order valence-electron chi connectivity index (χ4n) is 4.09. The smallest absolute Gasteiger partial charge is 0.142 e. The molecule has 2 aromatic rings. The zero-order valence-electron chi connectivity index (χ0n) is 19.0. The molecule has 8 nitrogen and oxygen atoms in total. The average molecular weight is 453 g/mol. The molecule has 0 amide bonds. The molecule has 31 heavy (non-hydrogen) atoms. The number of ether oxygens (including phenoxy) is 6. The lowest BCUT2D eigenvalue weighted by atomic mass is 10.3. The molecule has 9 heteroatoms. The molecule has 0 aliphatic carbocycles. The lowest BCUT2D eigenvalue weighted by molar-refractivity contribution is 0.308. The zero-order chi connectivity index (χ0) is 23.0. The Morgan fingerprint density at radius 1 is 0.548 bits per heavy atom. The average Bonchev–Trinajstić information content (AvgIpc) is 2.81. The summed E-state index contributed by atoms with van der Waals surface area (Å²) in [7, 11) is 6.40. The molecule has 0 atom stereocenters. The van der Waals surface area contributed by atoms with Crippen LogP contribution in [0.1, 0.15) is 0 Å². The van der Waals surface area contributed by atoms with Crippen molar-refractivity contribution in [3.8, 4) is 34.5 Å². The van der Waals surface area contributed by atoms with Crippen molar-refractivity contribution in [1.29, 1.82) is 0 Å². The summed E-state index contributed by atoms with van der Waals surface area (Å²) >= 11 is 0. The van der Waals surface area contributed by atoms with Gasteiger partial charge in [-0.2, -0.15) is 0 Å². The maximum Gasteiger partial charge on any atom is 0.142 e. The van der Waals surface area contributed by atoms with E-state index >= 15 is 0 Å². The summed E-state index contributed by atoms with van der Waals surface area (Å²) in [4.78, 5) is 0. The molecule has 0 spiro atoms. The predicted molar refractivity (Wildman–Crippen MR) is 121 cm³/mol. The molecule has 0 bridgehead atoms. The summed E-state index contributed by atoms with van der Waals surface area (Å²) < 4.78 is 33.8. The Labute approximate surface area is 184 Å². The Kier molecular flexibility index (Phi) is 8.84. The van der Waals surface area contributed by atoms with Crippen LogP contribution in [0.5, 0.6) is 34.5 Å². The second kappa shape index (κ2) is 11.1. The van der Waals surface area contributed by atoms with Crippen LogP contribution in [0.15, 0.2) is 24.3 Å². The molecule has 172 valence electrons. The van der Waals surface area contributed by atoms with Crippen LogP contribution in [0.4, 0.5) is 0 Å². The van der Waals surface area contributed by atoms with Gasteiger partial charge in [-0.1, -0.05) is 0 Å². The van der Waals surface area contributed by atoms with Crippen molar-refractivity contribution in [2.24, 2.45) is 0 Å². The van der Waals surface area contributed by atoms with Crippen molar-refractivity contribution in [3.05, 3.63) is 24.3 Å². The summed E-state index contributed by atoms with van der Waals surface area (Å²) in [5.41, 5.74) is 0. The van der Waals surface area contributed by atoms with Crippen LogP contribution in [-0.2, 0) is 0 Å². The van der Waals surface area contributed by atoms with Gasteiger partial charge in [0.05, 0.1) is 42.7 Å². The molecule has 0 aliphatic heterocycles. The van der Waals surface area contributed by atoms with E-state index in [0.29, 0.717) is 46.6 Å². The van der Waals surface area contributed by atoms with Crippen LogP contribution in [0.25, 0.3) is 0 Å². The van der Waals surface area contributed by atoms with E-state index in [1.165, 1.54) is 0 Å². The second-order valence-corrected chi connectivity index (χ2v) is 11.0. The van der Waals surface area contributed by atoms with Gasteiger partial charge in [0, 0.05) is 47.9 Å². The largest absolute Gasteiger partial charge is 0.497 e. The molecule has 0 unspecified atom stereocenters. The van der Waals surface area contributed by atoms with Crippen molar-refractivity contribution < 1.29 is 38.6 Å². The fourth-order valence-corrected chi connectivity index (χ4v) is 8.93. The van der Waals surface area contributed by atoms with E-state index in [9.17, 15) is 10.2 Å². The van der Waals surface area contributed by atoms with Crippen LogP contribution in [-0.4, -0.2) is 74.2 Å². The first-order valence-electron chi connectivity index (χ1n) is 9.82. The quantitative estimate of drug-likeness (QED) is 0.465. The minimum absolute atomic E-state index is 0.108. The Morgan fingerprint density at radius 2 is 0.839 bits per heavy atom. The summed E-state index contributed by atoms with van der Waals surface area (Å²) in [5.74, 6) is 3.33. The van der Waals surface area contributed by atoms with Crippen molar-refractivity contribution in [2.75, 3.05) is 55.9 Å². The summed E-state index contributed by atoms with van der Waals surface area (Å²) in [5, 5.41) is 21.9. The summed E-state index contributed by atoms with van der Waals surface area (Å²) in [6.45, 7) is -0.216. The second-order valence-electron chi connectivity index (χ2n) is 6.84. The molecule has 0 radical (unpaired) electrons. The normalized spacial score (nSPS) is 11.1. The van der Waals surface area contributed by atoms with Gasteiger partial charge in [-0.25, -0.2) is 0 Å². The SMILES string of the molecule is COc1cc(OC)c([Si](CCO)(CCO)c2c(OC)cc(OC)cc2OC)c(OC)c1. The first kappa shape index (κ1) is 24.6. The van der Waals surface area contributed by atoms with Gasteiger partial charge in [0.25, 0.3) is 0 Å². The van der Waals surface area contributed by atoms with Crippen molar-refractivity contribution in [2.45, 2.75) is 12.1 Å². The Hall–Kier alpha value is -2.62. The maximum atomic E-state index is 10.1. The molecule has 0 aliphatic rings. The molecular formula is C22H32O8Si. The van der Waals surface area contributed by atoms with Gasteiger partial charge in [0.2, 0.25) is 0 Å². The van der Waals surface area contributed by atoms with Crippen molar-refractivity contribution >= 4 is 18.4 Å². The zero-order valence-corrected chi connectivity index (χ0v) is 20.0. The van der Waals surface area contributed by atoms with Gasteiger partial charge < -0.3 is 38.6 Å². The predicted octanol–water partition coefficient (Wildman–Crippen LogP) is 1.29. The molecular weight excluding hydrogens is 420 g/mol. The van der Waals surface area contributed by atoms with Gasteiger partial charge in [-0.3, -0.25) is 0 Å². The monoisotopic (exact) mass is 452 g/mol. The van der Waals surface area contributed by atoms with Gasteiger partial charge in [0.15, 0.2) is 0 Å². The van der Waals surface area contributed by atoms with E-state index in [4.69, 9.17) is 28.4 Å². The van der Waals surface area contributed by atoms with E-state index in [1.807, 2.05) is 0 Å². The van der Waals surface area contributed by atoms with Crippen molar-refractivity contribution in [3.63, 3.8) is 0 Å². The molecule has 2 aromatic carbocycles. The van der Waals surface area contributed by atoms with Gasteiger partial charge >= 0.3 is 0 Å². The van der Waals surface area contributed by atoms with Crippen LogP contribution in [0, 0.1) is 0 Å². The van der Waals surface area contributed by atoms with Gasteiger partial charge in [0.1, 0.15) is 42.6 Å². The summed E-state index contributed by atoms with van der Waals surface area (Å²) in [6.07, 6.45) is 0. The number of benzene rings is 2. The topological polar surface area (TPSA) is 95.8 Å². The highest BCUT2D eigenvalue weighted by molar-refractivity contribution is 7.04. The third kappa shape index (κ3) is 4.68. The van der Waals surface area contributed by atoms with Gasteiger partial charge in [-0.15, -0.1) is 0 Å². The Bertz CT molecular complexity index is 749. The third-order valence-corrected chi connectivity index (χ3v) is 10.5. The van der Waals surface area contributed by atoms with Crippen LogP contribution < -0.4 is 38.8 Å². The van der Waals surface area contributed by atoms with Crippen LogP contribution in [0.3, 0.4) is 0 Å². The number of aliphatic hydroxyl groups excluding tert-OH is 2. The number of rotatable bonds is 12. The highest BCUT2D eigenvalue weighted by atomic mass is 28.3. The third-order valence-electron chi connectivity index (χ3n) is 5.46. The van der Waals surface area contributed by atoms with Crippen LogP contribution in [0.2, 0.25) is 12.1 Å². The molecule has 0 fully saturated rings. The number of hydrogen-bond acceptors (Lipinski definition) is 8.